The van der Waals surface area contributed by atoms with Crippen LogP contribution in [0.25, 0.3) is 0 Å². The van der Waals surface area contributed by atoms with Gasteiger partial charge in [0.2, 0.25) is 5.91 Å². The molecule has 0 N–H and O–H groups in total. The van der Waals surface area contributed by atoms with Crippen molar-refractivity contribution in [3.05, 3.63) is 0 Å². The highest BCUT2D eigenvalue weighted by atomic mass is 16.2. The van der Waals surface area contributed by atoms with Gasteiger partial charge >= 0.3 is 0 Å². The van der Waals surface area contributed by atoms with Crippen LogP contribution in [0.1, 0.15) is 27.2 Å². The first-order valence-corrected chi connectivity index (χ1v) is 4.39. The zero-order valence-corrected chi connectivity index (χ0v) is 8.13. The van der Waals surface area contributed by atoms with Gasteiger partial charge in [0.15, 0.2) is 0 Å². The summed E-state index contributed by atoms with van der Waals surface area (Å²) in [7, 11) is 0. The average molecular weight is 167 g/mol. The molecular weight excluding hydrogens is 150 g/mol. The first-order valence-electron chi connectivity index (χ1n) is 4.39. The molecule has 0 aromatic heterocycles. The van der Waals surface area contributed by atoms with Crippen molar-refractivity contribution in [3.63, 3.8) is 0 Å². The van der Waals surface area contributed by atoms with Crippen molar-refractivity contribution in [2.24, 2.45) is 5.92 Å². The van der Waals surface area contributed by atoms with E-state index in [4.69, 9.17) is 6.42 Å². The third-order valence-corrected chi connectivity index (χ3v) is 2.01. The van der Waals surface area contributed by atoms with Crippen molar-refractivity contribution in [1.29, 1.82) is 0 Å². The highest BCUT2D eigenvalue weighted by Gasteiger charge is 2.16. The van der Waals surface area contributed by atoms with Crippen LogP contribution < -0.4 is 0 Å². The Labute approximate surface area is 74.9 Å². The molecule has 68 valence electrons. The van der Waals surface area contributed by atoms with Crippen molar-refractivity contribution in [2.75, 3.05) is 13.1 Å². The summed E-state index contributed by atoms with van der Waals surface area (Å²) in [5.41, 5.74) is 0. The van der Waals surface area contributed by atoms with Gasteiger partial charge in [0, 0.05) is 12.5 Å². The maximum atomic E-state index is 11.5. The van der Waals surface area contributed by atoms with Crippen LogP contribution in [0.5, 0.6) is 0 Å². The number of hydrogen-bond acceptors (Lipinski definition) is 1. The molecule has 0 rings (SSSR count). The topological polar surface area (TPSA) is 20.3 Å². The molecule has 0 heterocycles. The molecule has 1 amide bonds. The van der Waals surface area contributed by atoms with Gasteiger partial charge in [-0.2, -0.15) is 0 Å². The summed E-state index contributed by atoms with van der Waals surface area (Å²) in [5, 5.41) is 0. The van der Waals surface area contributed by atoms with Gasteiger partial charge in [0.1, 0.15) is 0 Å². The number of terminal acetylenes is 1. The van der Waals surface area contributed by atoms with Crippen LogP contribution in [0.2, 0.25) is 0 Å². The summed E-state index contributed by atoms with van der Waals surface area (Å²) in [6.07, 6.45) is 6.02. The van der Waals surface area contributed by atoms with Crippen molar-refractivity contribution in [3.8, 4) is 12.3 Å². The lowest BCUT2D eigenvalue weighted by Crippen LogP contribution is -2.35. The van der Waals surface area contributed by atoms with Gasteiger partial charge in [0.25, 0.3) is 0 Å². The van der Waals surface area contributed by atoms with Crippen molar-refractivity contribution < 1.29 is 4.79 Å². The molecule has 0 aromatic carbocycles. The molecule has 2 nitrogen and oxygen atoms in total. The molecule has 1 atom stereocenters. The first-order chi connectivity index (χ1) is 5.67. The van der Waals surface area contributed by atoms with Gasteiger partial charge in [-0.05, 0) is 13.3 Å². The van der Waals surface area contributed by atoms with Gasteiger partial charge in [-0.15, -0.1) is 6.42 Å². The van der Waals surface area contributed by atoms with E-state index >= 15 is 0 Å². The second kappa shape index (κ2) is 5.65. The minimum atomic E-state index is 0.0956. The van der Waals surface area contributed by atoms with Crippen LogP contribution in [0.4, 0.5) is 0 Å². The smallest absolute Gasteiger partial charge is 0.226 e. The van der Waals surface area contributed by atoms with Crippen LogP contribution >= 0.6 is 0 Å². The Morgan fingerprint density at radius 1 is 1.58 bits per heavy atom. The molecule has 0 radical (unpaired) electrons. The fourth-order valence-corrected chi connectivity index (χ4v) is 0.942. The Balaban J connectivity index is 4.13. The van der Waals surface area contributed by atoms with E-state index in [9.17, 15) is 4.79 Å². The largest absolute Gasteiger partial charge is 0.332 e. The predicted octanol–water partition coefficient (Wildman–Crippen LogP) is 1.51. The van der Waals surface area contributed by atoms with Gasteiger partial charge in [-0.3, -0.25) is 4.79 Å². The van der Waals surface area contributed by atoms with Crippen LogP contribution in [-0.4, -0.2) is 23.9 Å². The lowest BCUT2D eigenvalue weighted by molar-refractivity contribution is -0.134. The quantitative estimate of drug-likeness (QED) is 0.581. The number of carbonyl (C=O) groups is 1. The Kier molecular flexibility index (Phi) is 5.19. The van der Waals surface area contributed by atoms with E-state index in [0.29, 0.717) is 13.1 Å². The second-order valence-corrected chi connectivity index (χ2v) is 2.87. The highest BCUT2D eigenvalue weighted by Crippen LogP contribution is 2.05. The summed E-state index contributed by atoms with van der Waals surface area (Å²) < 4.78 is 0. The Hall–Kier alpha value is -0.970. The summed E-state index contributed by atoms with van der Waals surface area (Å²) in [6, 6.07) is 0. The number of rotatable bonds is 4. The molecule has 0 aliphatic carbocycles. The second-order valence-electron chi connectivity index (χ2n) is 2.87. The summed E-state index contributed by atoms with van der Waals surface area (Å²) in [5.74, 6) is 2.74. The Bertz CT molecular complexity index is 181. The van der Waals surface area contributed by atoms with E-state index in [2.05, 4.69) is 5.92 Å². The predicted molar refractivity (Wildman–Crippen MR) is 50.5 cm³/mol. The fourth-order valence-electron chi connectivity index (χ4n) is 0.942. The van der Waals surface area contributed by atoms with E-state index < -0.39 is 0 Å². The summed E-state index contributed by atoms with van der Waals surface area (Å²) in [4.78, 5) is 13.2. The van der Waals surface area contributed by atoms with Crippen LogP contribution in [0.15, 0.2) is 0 Å². The zero-order chi connectivity index (χ0) is 9.56. The number of nitrogens with zero attached hydrogens (tertiary/aromatic N) is 1. The lowest BCUT2D eigenvalue weighted by Gasteiger charge is -2.21. The molecule has 0 saturated carbocycles. The molecule has 0 fully saturated rings. The first kappa shape index (κ1) is 11.0. The maximum Gasteiger partial charge on any atom is 0.226 e. The van der Waals surface area contributed by atoms with E-state index in [1.165, 1.54) is 0 Å². The normalized spacial score (nSPS) is 11.8. The summed E-state index contributed by atoms with van der Waals surface area (Å²) >= 11 is 0. The molecule has 1 unspecified atom stereocenters. The number of carbonyl (C=O) groups excluding carboxylic acids is 1. The fraction of sp³-hybridized carbons (Fsp3) is 0.700. The van der Waals surface area contributed by atoms with Gasteiger partial charge in [-0.25, -0.2) is 0 Å². The van der Waals surface area contributed by atoms with Gasteiger partial charge < -0.3 is 4.90 Å². The van der Waals surface area contributed by atoms with Crippen LogP contribution in [0.3, 0.4) is 0 Å². The molecular formula is C10H17NO. The molecule has 0 aliphatic rings. The SMILES string of the molecule is C#CCN(CC)C(=O)C(C)CC. The molecule has 0 saturated heterocycles. The zero-order valence-electron chi connectivity index (χ0n) is 8.13. The van der Waals surface area contributed by atoms with Gasteiger partial charge in [-0.1, -0.05) is 19.8 Å². The van der Waals surface area contributed by atoms with Crippen molar-refractivity contribution in [1.82, 2.24) is 4.90 Å². The lowest BCUT2D eigenvalue weighted by atomic mass is 10.1. The molecule has 0 spiro atoms. The van der Waals surface area contributed by atoms with Crippen LogP contribution in [-0.2, 0) is 4.79 Å². The number of amides is 1. The van der Waals surface area contributed by atoms with Gasteiger partial charge in [0.05, 0.1) is 6.54 Å². The molecule has 12 heavy (non-hydrogen) atoms. The Morgan fingerprint density at radius 2 is 2.17 bits per heavy atom. The number of hydrogen-bond donors (Lipinski definition) is 0. The van der Waals surface area contributed by atoms with Crippen molar-refractivity contribution in [2.45, 2.75) is 27.2 Å². The molecule has 2 heteroatoms. The monoisotopic (exact) mass is 167 g/mol. The maximum absolute atomic E-state index is 11.5. The third kappa shape index (κ3) is 2.96. The van der Waals surface area contributed by atoms with E-state index in [1.54, 1.807) is 4.90 Å². The van der Waals surface area contributed by atoms with Crippen molar-refractivity contribution >= 4 is 5.91 Å². The van der Waals surface area contributed by atoms with E-state index in [1.807, 2.05) is 20.8 Å². The van der Waals surface area contributed by atoms with Crippen LogP contribution in [0, 0.1) is 18.3 Å². The summed E-state index contributed by atoms with van der Waals surface area (Å²) in [6.45, 7) is 7.01. The average Bonchev–Trinajstić information content (AvgIpc) is 2.11. The van der Waals surface area contributed by atoms with E-state index in [-0.39, 0.29) is 11.8 Å². The molecule has 0 aromatic rings. The highest BCUT2D eigenvalue weighted by molar-refractivity contribution is 5.78. The standard InChI is InChI=1S/C10H17NO/c1-5-8-11(7-3)10(12)9(4)6-2/h1,9H,6-8H2,2-4H3. The molecule has 0 bridgehead atoms. The Morgan fingerprint density at radius 3 is 2.50 bits per heavy atom. The molecule has 0 aliphatic heterocycles. The minimum absolute atomic E-state index is 0.0956. The minimum Gasteiger partial charge on any atom is -0.332 e. The third-order valence-electron chi connectivity index (χ3n) is 2.01. The van der Waals surface area contributed by atoms with E-state index in [0.717, 1.165) is 6.42 Å².